The van der Waals surface area contributed by atoms with E-state index < -0.39 is 0 Å². The maximum absolute atomic E-state index is 12.9. The fourth-order valence-electron chi connectivity index (χ4n) is 3.78. The van der Waals surface area contributed by atoms with Crippen molar-refractivity contribution in [3.05, 3.63) is 30.4 Å². The zero-order chi connectivity index (χ0) is 17.4. The molecule has 2 aromatic heterocycles. The van der Waals surface area contributed by atoms with Gasteiger partial charge in [0.15, 0.2) is 0 Å². The van der Waals surface area contributed by atoms with Crippen molar-refractivity contribution in [2.45, 2.75) is 18.9 Å². The lowest BCUT2D eigenvalue weighted by molar-refractivity contribution is -0.140. The number of rotatable bonds is 4. The molecule has 3 aliphatic rings. The van der Waals surface area contributed by atoms with Crippen molar-refractivity contribution >= 4 is 17.6 Å². The quantitative estimate of drug-likeness (QED) is 0.805. The molecule has 0 N–H and O–H groups in total. The highest BCUT2D eigenvalue weighted by atomic mass is 16.5. The normalized spacial score (nSPS) is 23.3. The van der Waals surface area contributed by atoms with Crippen LogP contribution in [0, 0.1) is 5.92 Å². The third kappa shape index (κ3) is 2.86. The topological polar surface area (TPSA) is 80.0 Å². The fraction of sp³-hybridized carbons (Fsp3) is 0.529. The molecule has 3 saturated heterocycles. The molecule has 2 amide bonds. The molecule has 0 aromatic carbocycles. The number of hydrogen-bond acceptors (Lipinski definition) is 5. The molecule has 2 aromatic rings. The van der Waals surface area contributed by atoms with Crippen molar-refractivity contribution < 1.29 is 14.3 Å². The highest BCUT2D eigenvalue weighted by molar-refractivity contribution is 5.93. The Labute approximate surface area is 145 Å². The molecule has 3 aliphatic heterocycles. The van der Waals surface area contributed by atoms with Gasteiger partial charge >= 0.3 is 0 Å². The third-order valence-corrected chi connectivity index (χ3v) is 5.07. The van der Waals surface area contributed by atoms with Crippen LogP contribution in [0.15, 0.2) is 24.7 Å². The van der Waals surface area contributed by atoms with Gasteiger partial charge in [0.05, 0.1) is 12.5 Å². The molecule has 0 unspecified atom stereocenters. The van der Waals surface area contributed by atoms with E-state index in [-0.39, 0.29) is 23.8 Å². The van der Waals surface area contributed by atoms with Crippen molar-refractivity contribution in [1.82, 2.24) is 24.2 Å². The number of aromatic nitrogens is 3. The van der Waals surface area contributed by atoms with Gasteiger partial charge in [-0.2, -0.15) is 0 Å². The molecular weight excluding hydrogens is 322 g/mol. The van der Waals surface area contributed by atoms with E-state index in [0.29, 0.717) is 37.7 Å². The Morgan fingerprint density at radius 3 is 3.04 bits per heavy atom. The highest BCUT2D eigenvalue weighted by Gasteiger charge is 2.42. The second-order valence-corrected chi connectivity index (χ2v) is 6.62. The van der Waals surface area contributed by atoms with Gasteiger partial charge in [-0.05, 0) is 18.9 Å². The average Bonchev–Trinajstić information content (AvgIpc) is 2.87. The van der Waals surface area contributed by atoms with E-state index in [9.17, 15) is 9.59 Å². The number of carbonyl (C=O) groups is 2. The lowest BCUT2D eigenvalue weighted by Gasteiger charge is -2.35. The summed E-state index contributed by atoms with van der Waals surface area (Å²) < 4.78 is 6.86. The van der Waals surface area contributed by atoms with Crippen molar-refractivity contribution in [3.8, 4) is 0 Å². The summed E-state index contributed by atoms with van der Waals surface area (Å²) in [6.45, 7) is 2.10. The minimum absolute atomic E-state index is 0.0560. The number of carbonyl (C=O) groups excluding carboxylic acids is 2. The predicted molar refractivity (Wildman–Crippen MR) is 89.0 cm³/mol. The van der Waals surface area contributed by atoms with Crippen molar-refractivity contribution in [2.24, 2.45) is 5.92 Å². The molecular formula is C17H21N5O3. The fourth-order valence-corrected chi connectivity index (χ4v) is 3.78. The number of ether oxygens (including phenoxy) is 1. The van der Waals surface area contributed by atoms with E-state index in [1.807, 2.05) is 11.1 Å². The smallest absolute Gasteiger partial charge is 0.274 e. The number of nitrogens with zero attached hydrogens (tertiary/aromatic N) is 5. The van der Waals surface area contributed by atoms with Gasteiger partial charge in [-0.25, -0.2) is 9.97 Å². The number of piperidine rings is 1. The van der Waals surface area contributed by atoms with Crippen LogP contribution in [0.5, 0.6) is 0 Å². The second-order valence-electron chi connectivity index (χ2n) is 6.62. The van der Waals surface area contributed by atoms with Crippen LogP contribution in [-0.2, 0) is 9.53 Å². The molecule has 2 atom stereocenters. The lowest BCUT2D eigenvalue weighted by atomic mass is 9.94. The zero-order valence-electron chi connectivity index (χ0n) is 14.2. The first-order chi connectivity index (χ1) is 12.2. The summed E-state index contributed by atoms with van der Waals surface area (Å²) in [5.41, 5.74) is 0.371. The Kier molecular flexibility index (Phi) is 4.12. The van der Waals surface area contributed by atoms with Crippen LogP contribution in [0.1, 0.15) is 23.3 Å². The van der Waals surface area contributed by atoms with Crippen LogP contribution >= 0.6 is 0 Å². The number of methoxy groups -OCH3 is 1. The summed E-state index contributed by atoms with van der Waals surface area (Å²) in [5.74, 6) is 0.375. The van der Waals surface area contributed by atoms with E-state index in [0.717, 1.165) is 12.8 Å². The van der Waals surface area contributed by atoms with E-state index in [4.69, 9.17) is 4.74 Å². The molecule has 0 radical (unpaired) electrons. The molecule has 5 heterocycles. The van der Waals surface area contributed by atoms with Crippen LogP contribution in [0.4, 0.5) is 0 Å². The predicted octanol–water partition coefficient (Wildman–Crippen LogP) is 0.439. The van der Waals surface area contributed by atoms with Crippen molar-refractivity contribution in [1.29, 1.82) is 0 Å². The number of imidazole rings is 1. The summed E-state index contributed by atoms with van der Waals surface area (Å²) in [5, 5.41) is 0. The lowest BCUT2D eigenvalue weighted by Crippen LogP contribution is -2.49. The second kappa shape index (κ2) is 6.44. The van der Waals surface area contributed by atoms with E-state index >= 15 is 0 Å². The largest absolute Gasteiger partial charge is 0.383 e. The molecule has 0 saturated carbocycles. The van der Waals surface area contributed by atoms with E-state index in [2.05, 4.69) is 9.97 Å². The van der Waals surface area contributed by atoms with Gasteiger partial charge in [0.25, 0.3) is 5.91 Å². The van der Waals surface area contributed by atoms with E-state index in [1.54, 1.807) is 34.9 Å². The average molecular weight is 343 g/mol. The van der Waals surface area contributed by atoms with Gasteiger partial charge in [-0.3, -0.25) is 14.0 Å². The summed E-state index contributed by atoms with van der Waals surface area (Å²) in [6.07, 6.45) is 6.92. The summed E-state index contributed by atoms with van der Waals surface area (Å²) in [7, 11) is 1.63. The monoisotopic (exact) mass is 343 g/mol. The summed E-state index contributed by atoms with van der Waals surface area (Å²) in [4.78, 5) is 37.7. The molecule has 0 spiro atoms. The van der Waals surface area contributed by atoms with Crippen LogP contribution in [0.3, 0.4) is 0 Å². The first kappa shape index (κ1) is 16.0. The maximum Gasteiger partial charge on any atom is 0.274 e. The highest BCUT2D eigenvalue weighted by Crippen LogP contribution is 2.29. The number of fused-ring (bicyclic) bond motifs is 5. The Morgan fingerprint density at radius 1 is 1.36 bits per heavy atom. The molecule has 8 heteroatoms. The summed E-state index contributed by atoms with van der Waals surface area (Å²) >= 11 is 0. The Morgan fingerprint density at radius 2 is 2.24 bits per heavy atom. The molecule has 2 bridgehead atoms. The molecule has 3 fully saturated rings. The third-order valence-electron chi connectivity index (χ3n) is 5.07. The molecule has 5 rings (SSSR count). The van der Waals surface area contributed by atoms with Crippen molar-refractivity contribution in [2.75, 3.05) is 33.4 Å². The zero-order valence-corrected chi connectivity index (χ0v) is 14.2. The SMILES string of the molecule is COCCN1C(=O)[C@H]2CC[C@@H]1CN(C(=O)c1cn3cccnc3n1)C2. The number of amides is 2. The first-order valence-electron chi connectivity index (χ1n) is 8.56. The molecule has 0 aliphatic carbocycles. The standard InChI is InChI=1S/C17H21N5O3/c1-25-8-7-22-13-4-3-12(15(22)23)9-21(10-13)16(24)14-11-20-6-2-5-18-17(20)19-14/h2,5-6,11-13H,3-4,7-10H2,1H3/t12-,13+/m0/s1. The maximum atomic E-state index is 12.9. The van der Waals surface area contributed by atoms with Gasteiger partial charge in [-0.1, -0.05) is 0 Å². The molecule has 25 heavy (non-hydrogen) atoms. The van der Waals surface area contributed by atoms with Crippen LogP contribution in [-0.4, -0.2) is 75.4 Å². The summed E-state index contributed by atoms with van der Waals surface area (Å²) in [6, 6.07) is 1.85. The minimum Gasteiger partial charge on any atom is -0.383 e. The van der Waals surface area contributed by atoms with Crippen LogP contribution in [0.25, 0.3) is 5.78 Å². The van der Waals surface area contributed by atoms with Gasteiger partial charge in [0.2, 0.25) is 11.7 Å². The number of hydrogen-bond donors (Lipinski definition) is 0. The van der Waals surface area contributed by atoms with Crippen LogP contribution < -0.4 is 0 Å². The first-order valence-corrected chi connectivity index (χ1v) is 8.56. The van der Waals surface area contributed by atoms with Gasteiger partial charge in [-0.15, -0.1) is 0 Å². The Bertz CT molecular complexity index is 771. The van der Waals surface area contributed by atoms with Gasteiger partial charge < -0.3 is 14.5 Å². The van der Waals surface area contributed by atoms with E-state index in [1.165, 1.54) is 0 Å². The Hall–Kier alpha value is -2.48. The van der Waals surface area contributed by atoms with Gasteiger partial charge in [0, 0.05) is 51.4 Å². The Balaban J connectivity index is 1.57. The molecule has 8 nitrogen and oxygen atoms in total. The van der Waals surface area contributed by atoms with Gasteiger partial charge in [0.1, 0.15) is 5.69 Å². The van der Waals surface area contributed by atoms with Crippen LogP contribution in [0.2, 0.25) is 0 Å². The van der Waals surface area contributed by atoms with Crippen molar-refractivity contribution in [3.63, 3.8) is 0 Å². The minimum atomic E-state index is -0.135. The molecule has 132 valence electrons.